The lowest BCUT2D eigenvalue weighted by Crippen LogP contribution is -2.54. The second kappa shape index (κ2) is 8.50. The van der Waals surface area contributed by atoms with E-state index in [4.69, 9.17) is 4.42 Å². The number of urea groups is 1. The number of nitrogens with one attached hydrogen (secondary N) is 1. The maximum atomic E-state index is 13.3. The number of halogens is 1. The van der Waals surface area contributed by atoms with Gasteiger partial charge in [0.15, 0.2) is 5.76 Å². The van der Waals surface area contributed by atoms with E-state index >= 15 is 0 Å². The van der Waals surface area contributed by atoms with Crippen molar-refractivity contribution in [1.29, 1.82) is 0 Å². The summed E-state index contributed by atoms with van der Waals surface area (Å²) in [6.45, 7) is 4.29. The van der Waals surface area contributed by atoms with Crippen LogP contribution in [0.15, 0.2) is 40.8 Å². The van der Waals surface area contributed by atoms with Crippen LogP contribution in [0.1, 0.15) is 47.6 Å². The van der Waals surface area contributed by atoms with Gasteiger partial charge in [-0.1, -0.05) is 25.0 Å². The van der Waals surface area contributed by atoms with Crippen LogP contribution in [-0.4, -0.2) is 54.5 Å². The Morgan fingerprint density at radius 2 is 1.63 bits per heavy atom. The third-order valence-electron chi connectivity index (χ3n) is 6.40. The number of carbonyl (C=O) groups excluding carboxylic acids is 2. The van der Waals surface area contributed by atoms with Crippen molar-refractivity contribution in [2.24, 2.45) is 0 Å². The summed E-state index contributed by atoms with van der Waals surface area (Å²) in [5, 5.41) is 3.10. The smallest absolute Gasteiger partial charge is 0.317 e. The average molecular weight is 413 g/mol. The molecule has 0 bridgehead atoms. The van der Waals surface area contributed by atoms with Gasteiger partial charge in [-0.25, -0.2) is 9.18 Å². The van der Waals surface area contributed by atoms with Gasteiger partial charge in [-0.05, 0) is 49.6 Å². The van der Waals surface area contributed by atoms with E-state index in [0.29, 0.717) is 44.2 Å². The van der Waals surface area contributed by atoms with Crippen molar-refractivity contribution < 1.29 is 18.4 Å². The van der Waals surface area contributed by atoms with Gasteiger partial charge in [0.05, 0.1) is 0 Å². The van der Waals surface area contributed by atoms with Crippen molar-refractivity contribution in [3.63, 3.8) is 0 Å². The molecule has 6 nitrogen and oxygen atoms in total. The second-order valence-corrected chi connectivity index (χ2v) is 8.34. The topological polar surface area (TPSA) is 65.8 Å². The molecule has 1 N–H and O–H groups in total. The van der Waals surface area contributed by atoms with Crippen molar-refractivity contribution in [3.05, 3.63) is 59.3 Å². The summed E-state index contributed by atoms with van der Waals surface area (Å²) < 4.78 is 18.8. The Morgan fingerprint density at radius 3 is 2.23 bits per heavy atom. The zero-order chi connectivity index (χ0) is 21.1. The molecule has 0 spiro atoms. The standard InChI is InChI=1S/C23H28FN3O3/c1-17-4-9-20(30-17)21(28)26-12-14-27(15-13-26)22(29)25-16-23(10-2-3-11-23)18-5-7-19(24)8-6-18/h4-9H,2-3,10-16H2,1H3,(H,25,29). The van der Waals surface area contributed by atoms with Gasteiger partial charge < -0.3 is 19.5 Å². The number of carbonyl (C=O) groups is 2. The van der Waals surface area contributed by atoms with E-state index in [1.807, 2.05) is 19.1 Å². The number of piperazine rings is 1. The van der Waals surface area contributed by atoms with Gasteiger partial charge >= 0.3 is 6.03 Å². The number of amides is 3. The summed E-state index contributed by atoms with van der Waals surface area (Å²) >= 11 is 0. The van der Waals surface area contributed by atoms with Crippen LogP contribution in [0.4, 0.5) is 9.18 Å². The fraction of sp³-hybridized carbons (Fsp3) is 0.478. The number of hydrogen-bond donors (Lipinski definition) is 1. The zero-order valence-corrected chi connectivity index (χ0v) is 17.3. The first-order chi connectivity index (χ1) is 14.5. The lowest BCUT2D eigenvalue weighted by molar-refractivity contribution is 0.0632. The molecule has 2 aromatic rings. The third kappa shape index (κ3) is 4.20. The van der Waals surface area contributed by atoms with E-state index in [2.05, 4.69) is 5.32 Å². The van der Waals surface area contributed by atoms with Gasteiger partial charge in [0.25, 0.3) is 5.91 Å². The molecule has 1 saturated carbocycles. The lowest BCUT2D eigenvalue weighted by Gasteiger charge is -2.36. The Bertz CT molecular complexity index is 895. The largest absolute Gasteiger partial charge is 0.456 e. The van der Waals surface area contributed by atoms with Crippen LogP contribution in [-0.2, 0) is 5.41 Å². The highest BCUT2D eigenvalue weighted by molar-refractivity contribution is 5.91. The summed E-state index contributed by atoms with van der Waals surface area (Å²) in [6.07, 6.45) is 4.20. The predicted molar refractivity (Wildman–Crippen MR) is 111 cm³/mol. The number of aryl methyl sites for hydroxylation is 1. The quantitative estimate of drug-likeness (QED) is 0.831. The molecular weight excluding hydrogens is 385 g/mol. The highest BCUT2D eigenvalue weighted by Crippen LogP contribution is 2.40. The number of benzene rings is 1. The Hall–Kier alpha value is -2.83. The molecule has 1 aromatic carbocycles. The van der Waals surface area contributed by atoms with Crippen molar-refractivity contribution >= 4 is 11.9 Å². The van der Waals surface area contributed by atoms with Crippen molar-refractivity contribution in [1.82, 2.24) is 15.1 Å². The molecule has 160 valence electrons. The van der Waals surface area contributed by atoms with Gasteiger partial charge in [0.1, 0.15) is 11.6 Å². The molecule has 30 heavy (non-hydrogen) atoms. The van der Waals surface area contributed by atoms with Crippen molar-refractivity contribution in [2.45, 2.75) is 38.0 Å². The molecule has 4 rings (SSSR count). The van der Waals surface area contributed by atoms with Crippen LogP contribution in [0.2, 0.25) is 0 Å². The predicted octanol–water partition coefficient (Wildman–Crippen LogP) is 3.71. The minimum Gasteiger partial charge on any atom is -0.456 e. The van der Waals surface area contributed by atoms with Crippen LogP contribution in [0.3, 0.4) is 0 Å². The molecule has 2 fully saturated rings. The fourth-order valence-electron chi connectivity index (χ4n) is 4.60. The van der Waals surface area contributed by atoms with Crippen LogP contribution in [0.5, 0.6) is 0 Å². The Kier molecular flexibility index (Phi) is 5.79. The van der Waals surface area contributed by atoms with E-state index in [9.17, 15) is 14.0 Å². The maximum Gasteiger partial charge on any atom is 0.317 e. The Balaban J connectivity index is 1.32. The Morgan fingerprint density at radius 1 is 1.00 bits per heavy atom. The number of rotatable bonds is 4. The molecule has 7 heteroatoms. The summed E-state index contributed by atoms with van der Waals surface area (Å²) in [7, 11) is 0. The van der Waals surface area contributed by atoms with Gasteiger partial charge in [-0.2, -0.15) is 0 Å². The maximum absolute atomic E-state index is 13.3. The van der Waals surface area contributed by atoms with Crippen LogP contribution in [0.25, 0.3) is 0 Å². The minimum atomic E-state index is -0.243. The summed E-state index contributed by atoms with van der Waals surface area (Å²) in [5.41, 5.74) is 0.962. The third-order valence-corrected chi connectivity index (χ3v) is 6.40. The van der Waals surface area contributed by atoms with Crippen LogP contribution >= 0.6 is 0 Å². The van der Waals surface area contributed by atoms with E-state index < -0.39 is 0 Å². The van der Waals surface area contributed by atoms with E-state index in [-0.39, 0.29) is 23.2 Å². The molecule has 1 aliphatic carbocycles. The van der Waals surface area contributed by atoms with Crippen LogP contribution < -0.4 is 5.32 Å². The second-order valence-electron chi connectivity index (χ2n) is 8.34. The van der Waals surface area contributed by atoms with Gasteiger partial charge in [-0.15, -0.1) is 0 Å². The zero-order valence-electron chi connectivity index (χ0n) is 17.3. The molecule has 0 atom stereocenters. The monoisotopic (exact) mass is 413 g/mol. The van der Waals surface area contributed by atoms with Crippen molar-refractivity contribution in [3.8, 4) is 0 Å². The average Bonchev–Trinajstić information content (AvgIpc) is 3.42. The molecule has 0 unspecified atom stereocenters. The SMILES string of the molecule is Cc1ccc(C(=O)N2CCN(C(=O)NCC3(c4ccc(F)cc4)CCCC3)CC2)o1. The first kappa shape index (κ1) is 20.4. The number of hydrogen-bond acceptors (Lipinski definition) is 3. The molecule has 1 aliphatic heterocycles. The number of nitrogens with zero attached hydrogens (tertiary/aromatic N) is 2. The molecule has 3 amide bonds. The summed E-state index contributed by atoms with van der Waals surface area (Å²) in [5.74, 6) is 0.670. The first-order valence-electron chi connectivity index (χ1n) is 10.6. The van der Waals surface area contributed by atoms with Gasteiger partial charge in [0, 0.05) is 38.1 Å². The summed E-state index contributed by atoms with van der Waals surface area (Å²) in [6, 6.07) is 10.0. The number of furan rings is 1. The molecule has 1 saturated heterocycles. The highest BCUT2D eigenvalue weighted by atomic mass is 19.1. The van der Waals surface area contributed by atoms with E-state index in [1.54, 1.807) is 21.9 Å². The highest BCUT2D eigenvalue weighted by Gasteiger charge is 2.36. The molecule has 1 aromatic heterocycles. The van der Waals surface area contributed by atoms with Gasteiger partial charge in [0.2, 0.25) is 0 Å². The molecule has 2 heterocycles. The Labute approximate surface area is 176 Å². The minimum absolute atomic E-state index is 0.107. The molecular formula is C23H28FN3O3. The fourth-order valence-corrected chi connectivity index (χ4v) is 4.60. The van der Waals surface area contributed by atoms with Crippen LogP contribution in [0, 0.1) is 12.7 Å². The van der Waals surface area contributed by atoms with Crippen molar-refractivity contribution in [2.75, 3.05) is 32.7 Å². The molecule has 0 radical (unpaired) electrons. The summed E-state index contributed by atoms with van der Waals surface area (Å²) in [4.78, 5) is 28.7. The lowest BCUT2D eigenvalue weighted by atomic mass is 9.79. The van der Waals surface area contributed by atoms with Gasteiger partial charge in [-0.3, -0.25) is 4.79 Å². The van der Waals surface area contributed by atoms with E-state index in [0.717, 1.165) is 31.2 Å². The molecule has 2 aliphatic rings. The van der Waals surface area contributed by atoms with E-state index in [1.165, 1.54) is 12.1 Å². The first-order valence-corrected chi connectivity index (χ1v) is 10.6. The normalized spacial score (nSPS) is 18.5.